The molecule has 2 heteroatoms. The summed E-state index contributed by atoms with van der Waals surface area (Å²) in [6.45, 7) is 1.17. The Morgan fingerprint density at radius 2 is 1.88 bits per heavy atom. The van der Waals surface area contributed by atoms with Crippen LogP contribution in [-0.2, 0) is 5.41 Å². The van der Waals surface area contributed by atoms with Gasteiger partial charge in [0.2, 0.25) is 0 Å². The Bertz CT molecular complexity index is 442. The van der Waals surface area contributed by atoms with Crippen molar-refractivity contribution in [2.75, 3.05) is 11.9 Å². The minimum absolute atomic E-state index is 0.189. The quantitative estimate of drug-likeness (QED) is 0.693. The molecule has 1 saturated heterocycles. The van der Waals surface area contributed by atoms with Crippen LogP contribution >= 0.6 is 0 Å². The van der Waals surface area contributed by atoms with Gasteiger partial charge in [-0.2, -0.15) is 0 Å². The summed E-state index contributed by atoms with van der Waals surface area (Å²) in [5, 5.41) is 7.55. The molecule has 0 radical (unpaired) electrons. The van der Waals surface area contributed by atoms with Crippen molar-refractivity contribution >= 4 is 5.69 Å². The molecule has 3 aliphatic rings. The van der Waals surface area contributed by atoms with E-state index in [1.54, 1.807) is 5.56 Å². The zero-order valence-corrected chi connectivity index (χ0v) is 9.55. The minimum atomic E-state index is 0.189. The molecule has 0 bridgehead atoms. The van der Waals surface area contributed by atoms with Crippen LogP contribution in [0.4, 0.5) is 5.69 Å². The lowest BCUT2D eigenvalue weighted by Crippen LogP contribution is -2.57. The largest absolute Gasteiger partial charge is 0.366 e. The molecule has 2 heterocycles. The molecule has 0 spiro atoms. The van der Waals surface area contributed by atoms with Crippen molar-refractivity contribution in [3.05, 3.63) is 29.8 Å². The van der Waals surface area contributed by atoms with E-state index >= 15 is 0 Å². The number of hydrogen-bond donors (Lipinski definition) is 2. The number of fused-ring (bicyclic) bond motifs is 1. The molecule has 1 aromatic carbocycles. The number of para-hydroxylation sites is 1. The molecule has 1 aliphatic carbocycles. The van der Waals surface area contributed by atoms with E-state index < -0.39 is 0 Å². The van der Waals surface area contributed by atoms with Crippen LogP contribution in [-0.4, -0.2) is 12.2 Å². The van der Waals surface area contributed by atoms with Crippen molar-refractivity contribution in [1.82, 2.24) is 5.32 Å². The highest BCUT2D eigenvalue weighted by atomic mass is 15.3. The van der Waals surface area contributed by atoms with Crippen LogP contribution in [0.15, 0.2) is 24.3 Å². The van der Waals surface area contributed by atoms with E-state index in [1.807, 2.05) is 0 Å². The molecule has 84 valence electrons. The fraction of sp³-hybridized carbons (Fsp3) is 0.571. The van der Waals surface area contributed by atoms with Crippen LogP contribution in [0, 0.1) is 0 Å². The van der Waals surface area contributed by atoms with Gasteiger partial charge in [0.25, 0.3) is 0 Å². The second-order valence-electron chi connectivity index (χ2n) is 5.54. The molecule has 2 nitrogen and oxygen atoms in total. The van der Waals surface area contributed by atoms with Crippen LogP contribution < -0.4 is 10.6 Å². The Balaban J connectivity index is 1.95. The van der Waals surface area contributed by atoms with Gasteiger partial charge in [-0.1, -0.05) is 24.6 Å². The van der Waals surface area contributed by atoms with Crippen molar-refractivity contribution in [2.45, 2.75) is 43.2 Å². The summed E-state index contributed by atoms with van der Waals surface area (Å²) in [6.07, 6.45) is 6.68. The Hall–Kier alpha value is -1.02. The fourth-order valence-corrected chi connectivity index (χ4v) is 4.32. The number of anilines is 1. The summed E-state index contributed by atoms with van der Waals surface area (Å²) in [7, 11) is 0. The molecule has 16 heavy (non-hydrogen) atoms. The molecule has 2 N–H and O–H groups in total. The summed E-state index contributed by atoms with van der Waals surface area (Å²) >= 11 is 0. The lowest BCUT2D eigenvalue weighted by atomic mass is 9.65. The lowest BCUT2D eigenvalue weighted by Gasteiger charge is -2.44. The van der Waals surface area contributed by atoms with Gasteiger partial charge in [-0.05, 0) is 43.9 Å². The van der Waals surface area contributed by atoms with Crippen molar-refractivity contribution in [3.8, 4) is 0 Å². The Morgan fingerprint density at radius 1 is 1.00 bits per heavy atom. The predicted octanol–water partition coefficient (Wildman–Crippen LogP) is 2.61. The topological polar surface area (TPSA) is 24.1 Å². The first-order valence-corrected chi connectivity index (χ1v) is 6.49. The van der Waals surface area contributed by atoms with Gasteiger partial charge >= 0.3 is 0 Å². The maximum atomic E-state index is 3.79. The Morgan fingerprint density at radius 3 is 2.88 bits per heavy atom. The molecular weight excluding hydrogens is 196 g/mol. The molecule has 2 aliphatic heterocycles. The van der Waals surface area contributed by atoms with E-state index in [4.69, 9.17) is 0 Å². The van der Waals surface area contributed by atoms with E-state index in [1.165, 1.54) is 44.3 Å². The average Bonchev–Trinajstić information content (AvgIpc) is 2.80. The molecule has 4 rings (SSSR count). The number of benzene rings is 1. The van der Waals surface area contributed by atoms with E-state index in [2.05, 4.69) is 34.9 Å². The second-order valence-corrected chi connectivity index (χ2v) is 5.54. The first kappa shape index (κ1) is 9.06. The van der Waals surface area contributed by atoms with Gasteiger partial charge in [-0.15, -0.1) is 0 Å². The normalized spacial score (nSPS) is 39.8. The van der Waals surface area contributed by atoms with Crippen molar-refractivity contribution in [3.63, 3.8) is 0 Å². The summed E-state index contributed by atoms with van der Waals surface area (Å²) in [6, 6.07) is 8.91. The summed E-state index contributed by atoms with van der Waals surface area (Å²) in [5.41, 5.74) is 3.52. The van der Waals surface area contributed by atoms with Crippen LogP contribution in [0.25, 0.3) is 0 Å². The molecule has 2 atom stereocenters. The standard InChI is InChI=1S/C14H18N2/c1-2-6-12-11(5-1)13-7-3-4-8-14(13,16-12)15-10-9-13/h1-2,5-6,15-16H,3-4,7-10H2/t13-,14+/m1/s1. The van der Waals surface area contributed by atoms with Crippen molar-refractivity contribution in [2.24, 2.45) is 0 Å². The number of nitrogens with one attached hydrogen (secondary N) is 2. The average molecular weight is 214 g/mol. The maximum absolute atomic E-state index is 3.79. The summed E-state index contributed by atoms with van der Waals surface area (Å²) in [4.78, 5) is 0. The Labute approximate surface area is 96.4 Å². The third kappa shape index (κ3) is 0.844. The molecule has 0 aromatic heterocycles. The van der Waals surface area contributed by atoms with Gasteiger partial charge in [-0.3, -0.25) is 5.32 Å². The van der Waals surface area contributed by atoms with Gasteiger partial charge in [0, 0.05) is 11.1 Å². The highest BCUT2D eigenvalue weighted by molar-refractivity contribution is 5.65. The maximum Gasteiger partial charge on any atom is 0.0981 e. The SMILES string of the molecule is c1ccc2c(c1)N[C@@]13CCCC[C@@]21CCN3. The van der Waals surface area contributed by atoms with Gasteiger partial charge in [0.05, 0.1) is 5.66 Å². The van der Waals surface area contributed by atoms with E-state index in [-0.39, 0.29) is 5.66 Å². The smallest absolute Gasteiger partial charge is 0.0981 e. The van der Waals surface area contributed by atoms with E-state index in [0.29, 0.717) is 5.41 Å². The van der Waals surface area contributed by atoms with Crippen LogP contribution in [0.5, 0.6) is 0 Å². The van der Waals surface area contributed by atoms with E-state index in [0.717, 1.165) is 0 Å². The first-order chi connectivity index (χ1) is 7.86. The first-order valence-electron chi connectivity index (χ1n) is 6.49. The third-order valence-electron chi connectivity index (χ3n) is 4.99. The minimum Gasteiger partial charge on any atom is -0.366 e. The molecule has 1 saturated carbocycles. The van der Waals surface area contributed by atoms with Gasteiger partial charge in [0.15, 0.2) is 0 Å². The highest BCUT2D eigenvalue weighted by Gasteiger charge is 2.60. The second kappa shape index (κ2) is 2.80. The molecular formula is C14H18N2. The lowest BCUT2D eigenvalue weighted by molar-refractivity contribution is 0.195. The molecule has 0 unspecified atom stereocenters. The highest BCUT2D eigenvalue weighted by Crippen LogP contribution is 2.57. The Kier molecular flexibility index (Phi) is 1.59. The monoisotopic (exact) mass is 214 g/mol. The molecule has 0 amide bonds. The van der Waals surface area contributed by atoms with Crippen LogP contribution in [0.1, 0.15) is 37.7 Å². The molecule has 1 aromatic rings. The summed E-state index contributed by atoms with van der Waals surface area (Å²) < 4.78 is 0. The van der Waals surface area contributed by atoms with Crippen molar-refractivity contribution in [1.29, 1.82) is 0 Å². The molecule has 2 fully saturated rings. The number of rotatable bonds is 0. The summed E-state index contributed by atoms with van der Waals surface area (Å²) in [5.74, 6) is 0. The van der Waals surface area contributed by atoms with Crippen molar-refractivity contribution < 1.29 is 0 Å². The fourth-order valence-electron chi connectivity index (χ4n) is 4.32. The van der Waals surface area contributed by atoms with Gasteiger partial charge < -0.3 is 5.32 Å². The van der Waals surface area contributed by atoms with Gasteiger partial charge in [-0.25, -0.2) is 0 Å². The zero-order valence-electron chi connectivity index (χ0n) is 9.55. The zero-order chi connectivity index (χ0) is 10.6. The van der Waals surface area contributed by atoms with Crippen LogP contribution in [0.3, 0.4) is 0 Å². The van der Waals surface area contributed by atoms with E-state index in [9.17, 15) is 0 Å². The van der Waals surface area contributed by atoms with Crippen LogP contribution in [0.2, 0.25) is 0 Å². The predicted molar refractivity (Wildman–Crippen MR) is 65.6 cm³/mol. The third-order valence-corrected chi connectivity index (χ3v) is 4.99. The number of hydrogen-bond acceptors (Lipinski definition) is 2. The van der Waals surface area contributed by atoms with Gasteiger partial charge in [0.1, 0.15) is 0 Å².